The van der Waals surface area contributed by atoms with E-state index in [1.54, 1.807) is 28.7 Å². The number of benzene rings is 2. The van der Waals surface area contributed by atoms with Gasteiger partial charge < -0.3 is 5.32 Å². The molecule has 2 heterocycles. The first kappa shape index (κ1) is 21.8. The number of alkyl halides is 3. The standard InChI is InChI=1S/C21H17ClF3N5O2/c1-11(2)18-27-28-19-20(32)29(15-5-3-4-6-16(15)30(18)19)10-17(31)26-12-7-8-14(22)13(9-12)21(23,24)25/h3-9,11H,10H2,1-2H3,(H,26,31). The fourth-order valence-electron chi connectivity index (χ4n) is 3.48. The normalized spacial score (nSPS) is 12.1. The lowest BCUT2D eigenvalue weighted by Gasteiger charge is -2.14. The molecule has 4 aromatic rings. The minimum absolute atomic E-state index is 0.000289. The summed E-state index contributed by atoms with van der Waals surface area (Å²) < 4.78 is 42.1. The maximum absolute atomic E-state index is 13.1. The highest BCUT2D eigenvalue weighted by Gasteiger charge is 2.33. The largest absolute Gasteiger partial charge is 0.417 e. The van der Waals surface area contributed by atoms with E-state index in [4.69, 9.17) is 11.6 Å². The number of rotatable bonds is 4. The molecule has 1 N–H and O–H groups in total. The quantitative estimate of drug-likeness (QED) is 0.484. The van der Waals surface area contributed by atoms with Crippen molar-refractivity contribution in [3.63, 3.8) is 0 Å². The van der Waals surface area contributed by atoms with Crippen molar-refractivity contribution in [2.45, 2.75) is 32.5 Å². The zero-order valence-corrected chi connectivity index (χ0v) is 17.7. The van der Waals surface area contributed by atoms with E-state index in [1.165, 1.54) is 10.6 Å². The summed E-state index contributed by atoms with van der Waals surface area (Å²) in [6.45, 7) is 3.42. The van der Waals surface area contributed by atoms with Crippen molar-refractivity contribution in [3.8, 4) is 0 Å². The second-order valence-electron chi connectivity index (χ2n) is 7.49. The molecule has 0 aliphatic heterocycles. The topological polar surface area (TPSA) is 81.3 Å². The molecule has 0 saturated heterocycles. The molecule has 0 atom stereocenters. The molecule has 0 saturated carbocycles. The molecule has 2 aromatic carbocycles. The van der Waals surface area contributed by atoms with E-state index in [0.29, 0.717) is 16.9 Å². The lowest BCUT2D eigenvalue weighted by Crippen LogP contribution is -2.29. The van der Waals surface area contributed by atoms with Crippen LogP contribution in [0.1, 0.15) is 31.2 Å². The van der Waals surface area contributed by atoms with Crippen LogP contribution in [0.4, 0.5) is 18.9 Å². The Morgan fingerprint density at radius 2 is 1.81 bits per heavy atom. The van der Waals surface area contributed by atoms with Crippen molar-refractivity contribution in [2.75, 3.05) is 5.32 Å². The van der Waals surface area contributed by atoms with Gasteiger partial charge in [-0.1, -0.05) is 37.6 Å². The van der Waals surface area contributed by atoms with Crippen molar-refractivity contribution in [1.29, 1.82) is 0 Å². The van der Waals surface area contributed by atoms with Gasteiger partial charge in [-0.05, 0) is 30.3 Å². The summed E-state index contributed by atoms with van der Waals surface area (Å²) in [4.78, 5) is 25.7. The Morgan fingerprint density at radius 1 is 1.12 bits per heavy atom. The van der Waals surface area contributed by atoms with Crippen molar-refractivity contribution in [1.82, 2.24) is 19.2 Å². The van der Waals surface area contributed by atoms with E-state index in [9.17, 15) is 22.8 Å². The average molecular weight is 464 g/mol. The summed E-state index contributed by atoms with van der Waals surface area (Å²) >= 11 is 5.62. The molecule has 0 unspecified atom stereocenters. The molecule has 166 valence electrons. The van der Waals surface area contributed by atoms with Gasteiger partial charge in [-0.15, -0.1) is 10.2 Å². The zero-order chi connectivity index (χ0) is 23.2. The van der Waals surface area contributed by atoms with Crippen molar-refractivity contribution in [2.24, 2.45) is 0 Å². The Kier molecular flexibility index (Phi) is 5.41. The van der Waals surface area contributed by atoms with E-state index in [-0.39, 0.29) is 17.3 Å². The highest BCUT2D eigenvalue weighted by molar-refractivity contribution is 6.31. The number of hydrogen-bond donors (Lipinski definition) is 1. The van der Waals surface area contributed by atoms with E-state index >= 15 is 0 Å². The third-order valence-electron chi connectivity index (χ3n) is 4.91. The van der Waals surface area contributed by atoms with Gasteiger partial charge in [0, 0.05) is 11.6 Å². The summed E-state index contributed by atoms with van der Waals surface area (Å²) in [5.41, 5.74) is -0.528. The molecule has 0 aliphatic rings. The van der Waals surface area contributed by atoms with Crippen molar-refractivity contribution < 1.29 is 18.0 Å². The fraction of sp³-hybridized carbons (Fsp3) is 0.238. The van der Waals surface area contributed by atoms with Crippen LogP contribution in [0.2, 0.25) is 5.02 Å². The maximum atomic E-state index is 13.1. The third-order valence-corrected chi connectivity index (χ3v) is 5.24. The molecule has 7 nitrogen and oxygen atoms in total. The van der Waals surface area contributed by atoms with Crippen LogP contribution in [0.15, 0.2) is 47.3 Å². The van der Waals surface area contributed by atoms with Gasteiger partial charge in [-0.25, -0.2) is 0 Å². The second kappa shape index (κ2) is 7.94. The fourth-order valence-corrected chi connectivity index (χ4v) is 3.70. The number of anilines is 1. The number of fused-ring (bicyclic) bond motifs is 3. The molecular weight excluding hydrogens is 447 g/mol. The van der Waals surface area contributed by atoms with Crippen molar-refractivity contribution >= 4 is 39.9 Å². The smallest absolute Gasteiger partial charge is 0.325 e. The predicted molar refractivity (Wildman–Crippen MR) is 114 cm³/mol. The van der Waals surface area contributed by atoms with Crippen molar-refractivity contribution in [3.05, 3.63) is 69.2 Å². The van der Waals surface area contributed by atoms with Crippen LogP contribution < -0.4 is 10.9 Å². The van der Waals surface area contributed by atoms with Gasteiger partial charge in [0.05, 0.1) is 21.6 Å². The Morgan fingerprint density at radius 3 is 2.47 bits per heavy atom. The molecule has 0 spiro atoms. The van der Waals surface area contributed by atoms with Gasteiger partial charge in [-0.3, -0.25) is 18.6 Å². The van der Waals surface area contributed by atoms with E-state index in [0.717, 1.165) is 12.1 Å². The number of nitrogens with one attached hydrogen (secondary N) is 1. The van der Waals surface area contributed by atoms with Crippen LogP contribution in [0.3, 0.4) is 0 Å². The minimum Gasteiger partial charge on any atom is -0.325 e. The van der Waals surface area contributed by atoms with Gasteiger partial charge in [0.15, 0.2) is 0 Å². The van der Waals surface area contributed by atoms with Crippen LogP contribution in [0, 0.1) is 0 Å². The SMILES string of the molecule is CC(C)c1nnc2c(=O)n(CC(=O)Nc3ccc(Cl)c(C(F)(F)F)c3)c3ccccc3n12. The van der Waals surface area contributed by atoms with Crippen LogP contribution in [0.25, 0.3) is 16.7 Å². The summed E-state index contributed by atoms with van der Waals surface area (Å²) in [5, 5.41) is 10.0. The van der Waals surface area contributed by atoms with E-state index in [2.05, 4.69) is 15.5 Å². The Balaban J connectivity index is 1.74. The first-order chi connectivity index (χ1) is 15.1. The van der Waals surface area contributed by atoms with Gasteiger partial charge in [0.2, 0.25) is 11.6 Å². The maximum Gasteiger partial charge on any atom is 0.417 e. The number of carbonyl (C=O) groups excluding carboxylic acids is 1. The van der Waals surface area contributed by atoms with Gasteiger partial charge >= 0.3 is 6.18 Å². The van der Waals surface area contributed by atoms with E-state index in [1.807, 2.05) is 13.8 Å². The minimum atomic E-state index is -4.67. The summed E-state index contributed by atoms with van der Waals surface area (Å²) in [6, 6.07) is 10.0. The number of amides is 1. The zero-order valence-electron chi connectivity index (χ0n) is 16.9. The Labute approximate surface area is 184 Å². The molecule has 0 radical (unpaired) electrons. The molecule has 2 aromatic heterocycles. The average Bonchev–Trinajstić information content (AvgIpc) is 3.17. The molecule has 32 heavy (non-hydrogen) atoms. The molecule has 0 bridgehead atoms. The summed E-state index contributed by atoms with van der Waals surface area (Å²) in [5.74, 6) is -0.0777. The Hall–Kier alpha value is -3.40. The van der Waals surface area contributed by atoms with Crippen LogP contribution in [0.5, 0.6) is 0 Å². The molecule has 0 aliphatic carbocycles. The van der Waals surface area contributed by atoms with Crippen LogP contribution in [-0.4, -0.2) is 25.1 Å². The molecule has 1 amide bonds. The number of para-hydroxylation sites is 2. The van der Waals surface area contributed by atoms with Gasteiger partial charge in [0.1, 0.15) is 12.4 Å². The lowest BCUT2D eigenvalue weighted by molar-refractivity contribution is -0.137. The third kappa shape index (κ3) is 3.81. The molecule has 4 rings (SSSR count). The predicted octanol–water partition coefficient (Wildman–Crippen LogP) is 4.48. The van der Waals surface area contributed by atoms with Crippen LogP contribution in [-0.2, 0) is 17.5 Å². The van der Waals surface area contributed by atoms with E-state index < -0.39 is 34.8 Å². The van der Waals surface area contributed by atoms with Gasteiger partial charge in [-0.2, -0.15) is 13.2 Å². The highest BCUT2D eigenvalue weighted by Crippen LogP contribution is 2.36. The second-order valence-corrected chi connectivity index (χ2v) is 7.90. The Bertz CT molecular complexity index is 1410. The number of carbonyl (C=O) groups is 1. The number of nitrogens with zero attached hydrogens (tertiary/aromatic N) is 4. The summed E-state index contributed by atoms with van der Waals surface area (Å²) in [6.07, 6.45) is -4.67. The first-order valence-corrected chi connectivity index (χ1v) is 9.99. The van der Waals surface area contributed by atoms with Gasteiger partial charge in [0.25, 0.3) is 5.56 Å². The molecule has 11 heteroatoms. The monoisotopic (exact) mass is 463 g/mol. The lowest BCUT2D eigenvalue weighted by atomic mass is 10.2. The first-order valence-electron chi connectivity index (χ1n) is 9.61. The molecular formula is C21H17ClF3N5O2. The summed E-state index contributed by atoms with van der Waals surface area (Å²) in [7, 11) is 0. The molecule has 0 fully saturated rings. The van der Waals surface area contributed by atoms with Crippen LogP contribution >= 0.6 is 11.6 Å². The number of halogens is 4. The number of aromatic nitrogens is 4. The number of hydrogen-bond acceptors (Lipinski definition) is 4. The highest BCUT2D eigenvalue weighted by atomic mass is 35.5.